The van der Waals surface area contributed by atoms with Crippen molar-refractivity contribution in [1.82, 2.24) is 4.98 Å². The zero-order chi connectivity index (χ0) is 18.5. The quantitative estimate of drug-likeness (QED) is 0.517. The van der Waals surface area contributed by atoms with Crippen molar-refractivity contribution in [3.63, 3.8) is 0 Å². The van der Waals surface area contributed by atoms with Crippen molar-refractivity contribution in [2.45, 2.75) is 6.92 Å². The lowest BCUT2D eigenvalue weighted by molar-refractivity contribution is -0.384. The van der Waals surface area contributed by atoms with E-state index in [1.165, 1.54) is 30.4 Å². The Balaban J connectivity index is 1.93. The molecule has 1 amide bonds. The second-order valence-electron chi connectivity index (χ2n) is 5.46. The molecule has 1 aromatic heterocycles. The van der Waals surface area contributed by atoms with Crippen molar-refractivity contribution >= 4 is 40.2 Å². The third kappa shape index (κ3) is 4.20. The van der Waals surface area contributed by atoms with Gasteiger partial charge in [-0.3, -0.25) is 14.9 Å². The molecular weight excluding hydrogens is 350 g/mol. The molecule has 130 valence electrons. The van der Waals surface area contributed by atoms with Crippen LogP contribution in [-0.2, 0) is 4.79 Å². The Bertz CT molecular complexity index is 963. The molecule has 7 heteroatoms. The largest absolute Gasteiger partial charge is 0.302 e. The molecule has 0 radical (unpaired) electrons. The predicted molar refractivity (Wildman–Crippen MR) is 104 cm³/mol. The standard InChI is InChI=1S/C19H15N3O3S/c1-13(23)20-19-21-17(18(26-19)15-5-3-2-4-6-15)12-9-14-7-10-16(11-8-14)22(24)25/h2-12H,1H3,(H,20,21,23)/b12-9-. The molecule has 3 rings (SSSR count). The van der Waals surface area contributed by atoms with Crippen molar-refractivity contribution in [2.75, 3.05) is 5.32 Å². The molecule has 0 aliphatic heterocycles. The first-order valence-electron chi connectivity index (χ1n) is 7.79. The van der Waals surface area contributed by atoms with E-state index in [1.807, 2.05) is 42.5 Å². The van der Waals surface area contributed by atoms with E-state index in [9.17, 15) is 14.9 Å². The molecule has 6 nitrogen and oxygen atoms in total. The molecule has 0 saturated heterocycles. The summed E-state index contributed by atoms with van der Waals surface area (Å²) in [6.07, 6.45) is 3.67. The summed E-state index contributed by atoms with van der Waals surface area (Å²) in [5, 5.41) is 14.0. The van der Waals surface area contributed by atoms with E-state index in [1.54, 1.807) is 12.1 Å². The van der Waals surface area contributed by atoms with Gasteiger partial charge in [0.25, 0.3) is 5.69 Å². The highest BCUT2D eigenvalue weighted by Gasteiger charge is 2.12. The molecule has 1 N–H and O–H groups in total. The molecule has 2 aromatic carbocycles. The van der Waals surface area contributed by atoms with Gasteiger partial charge in [-0.2, -0.15) is 0 Å². The second-order valence-corrected chi connectivity index (χ2v) is 6.46. The molecule has 0 bridgehead atoms. The summed E-state index contributed by atoms with van der Waals surface area (Å²) < 4.78 is 0. The predicted octanol–water partition coefficient (Wildman–Crippen LogP) is 4.85. The van der Waals surface area contributed by atoms with Crippen LogP contribution in [0.25, 0.3) is 22.6 Å². The Hall–Kier alpha value is -3.32. The number of anilines is 1. The van der Waals surface area contributed by atoms with Gasteiger partial charge in [-0.25, -0.2) is 4.98 Å². The Morgan fingerprint density at radius 3 is 2.42 bits per heavy atom. The summed E-state index contributed by atoms with van der Waals surface area (Å²) in [4.78, 5) is 27.0. The average Bonchev–Trinajstić information content (AvgIpc) is 3.03. The van der Waals surface area contributed by atoms with Crippen LogP contribution in [-0.4, -0.2) is 15.8 Å². The van der Waals surface area contributed by atoms with Gasteiger partial charge >= 0.3 is 0 Å². The van der Waals surface area contributed by atoms with Crippen LogP contribution in [0.1, 0.15) is 18.2 Å². The molecule has 0 aliphatic rings. The number of thiazole rings is 1. The van der Waals surface area contributed by atoms with E-state index >= 15 is 0 Å². The number of non-ortho nitro benzene ring substituents is 1. The molecular formula is C19H15N3O3S. The number of hydrogen-bond acceptors (Lipinski definition) is 5. The maximum absolute atomic E-state index is 11.3. The number of nitrogens with one attached hydrogen (secondary N) is 1. The number of amides is 1. The summed E-state index contributed by atoms with van der Waals surface area (Å²) in [7, 11) is 0. The van der Waals surface area contributed by atoms with E-state index in [0.29, 0.717) is 5.13 Å². The first kappa shape index (κ1) is 17.5. The Morgan fingerprint density at radius 1 is 1.12 bits per heavy atom. The fourth-order valence-corrected chi connectivity index (χ4v) is 3.33. The molecule has 3 aromatic rings. The van der Waals surface area contributed by atoms with Gasteiger partial charge in [0.05, 0.1) is 15.5 Å². The number of carbonyl (C=O) groups is 1. The molecule has 1 heterocycles. The number of nitro benzene ring substituents is 1. The third-order valence-corrected chi connectivity index (χ3v) is 4.55. The van der Waals surface area contributed by atoms with Crippen molar-refractivity contribution in [3.8, 4) is 10.4 Å². The normalized spacial score (nSPS) is 10.8. The van der Waals surface area contributed by atoms with Gasteiger partial charge in [0.1, 0.15) is 0 Å². The van der Waals surface area contributed by atoms with Crippen LogP contribution in [0.2, 0.25) is 0 Å². The number of hydrogen-bond donors (Lipinski definition) is 1. The highest BCUT2D eigenvalue weighted by atomic mass is 32.1. The maximum Gasteiger partial charge on any atom is 0.269 e. The van der Waals surface area contributed by atoms with Crippen LogP contribution in [0.3, 0.4) is 0 Å². The lowest BCUT2D eigenvalue weighted by Crippen LogP contribution is -2.04. The number of nitrogens with zero attached hydrogens (tertiary/aromatic N) is 2. The van der Waals surface area contributed by atoms with Gasteiger partial charge in [-0.1, -0.05) is 47.7 Å². The van der Waals surface area contributed by atoms with Crippen LogP contribution < -0.4 is 5.32 Å². The first-order valence-corrected chi connectivity index (χ1v) is 8.61. The molecule has 0 spiro atoms. The molecule has 0 unspecified atom stereocenters. The van der Waals surface area contributed by atoms with Gasteiger partial charge in [0.2, 0.25) is 5.91 Å². The fourth-order valence-electron chi connectivity index (χ4n) is 2.33. The van der Waals surface area contributed by atoms with E-state index in [2.05, 4.69) is 10.3 Å². The molecule has 0 saturated carbocycles. The monoisotopic (exact) mass is 365 g/mol. The topological polar surface area (TPSA) is 85.1 Å². The van der Waals surface area contributed by atoms with Crippen LogP contribution >= 0.6 is 11.3 Å². The maximum atomic E-state index is 11.3. The lowest BCUT2D eigenvalue weighted by Gasteiger charge is -1.98. The number of benzene rings is 2. The van der Waals surface area contributed by atoms with Crippen LogP contribution in [0, 0.1) is 10.1 Å². The van der Waals surface area contributed by atoms with Crippen molar-refractivity contribution in [1.29, 1.82) is 0 Å². The number of nitro groups is 1. The average molecular weight is 365 g/mol. The number of carbonyl (C=O) groups excluding carboxylic acids is 1. The summed E-state index contributed by atoms with van der Waals surface area (Å²) >= 11 is 1.40. The minimum absolute atomic E-state index is 0.0497. The Kier molecular flexibility index (Phi) is 5.19. The van der Waals surface area contributed by atoms with Gasteiger partial charge in [-0.15, -0.1) is 0 Å². The number of aromatic nitrogens is 1. The van der Waals surface area contributed by atoms with Crippen LogP contribution in [0.5, 0.6) is 0 Å². The van der Waals surface area contributed by atoms with Gasteiger partial charge in [0.15, 0.2) is 5.13 Å². The second kappa shape index (κ2) is 7.71. The minimum Gasteiger partial charge on any atom is -0.302 e. The van der Waals surface area contributed by atoms with Crippen molar-refractivity contribution < 1.29 is 9.72 Å². The summed E-state index contributed by atoms with van der Waals surface area (Å²) in [5.74, 6) is -0.177. The first-order chi connectivity index (χ1) is 12.5. The van der Waals surface area contributed by atoms with E-state index in [4.69, 9.17) is 0 Å². The SMILES string of the molecule is CC(=O)Nc1nc(/C=C\c2ccc([N+](=O)[O-])cc2)c(-c2ccccc2)s1. The highest BCUT2D eigenvalue weighted by molar-refractivity contribution is 7.19. The van der Waals surface area contributed by atoms with Gasteiger partial charge < -0.3 is 5.32 Å². The van der Waals surface area contributed by atoms with Crippen molar-refractivity contribution in [2.24, 2.45) is 0 Å². The number of rotatable bonds is 5. The van der Waals surface area contributed by atoms with E-state index in [0.717, 1.165) is 21.7 Å². The highest BCUT2D eigenvalue weighted by Crippen LogP contribution is 2.34. The molecule has 0 aliphatic carbocycles. The third-order valence-electron chi connectivity index (χ3n) is 3.51. The van der Waals surface area contributed by atoms with Gasteiger partial charge in [0, 0.05) is 19.1 Å². The zero-order valence-electron chi connectivity index (χ0n) is 13.9. The Labute approximate surface area is 154 Å². The summed E-state index contributed by atoms with van der Waals surface area (Å²) in [5.41, 5.74) is 2.60. The molecule has 0 atom stereocenters. The minimum atomic E-state index is -0.429. The zero-order valence-corrected chi connectivity index (χ0v) is 14.7. The van der Waals surface area contributed by atoms with E-state index in [-0.39, 0.29) is 11.6 Å². The summed E-state index contributed by atoms with van der Waals surface area (Å²) in [6.45, 7) is 1.44. The van der Waals surface area contributed by atoms with Gasteiger partial charge in [-0.05, 0) is 29.3 Å². The van der Waals surface area contributed by atoms with Crippen LogP contribution in [0.4, 0.5) is 10.8 Å². The smallest absolute Gasteiger partial charge is 0.269 e. The molecule has 0 fully saturated rings. The van der Waals surface area contributed by atoms with E-state index < -0.39 is 4.92 Å². The van der Waals surface area contributed by atoms with Crippen LogP contribution in [0.15, 0.2) is 54.6 Å². The van der Waals surface area contributed by atoms with Crippen molar-refractivity contribution in [3.05, 3.63) is 76.0 Å². The fraction of sp³-hybridized carbons (Fsp3) is 0.0526. The summed E-state index contributed by atoms with van der Waals surface area (Å²) in [6, 6.07) is 16.1. The molecule has 26 heavy (non-hydrogen) atoms. The Morgan fingerprint density at radius 2 is 1.81 bits per heavy atom. The lowest BCUT2D eigenvalue weighted by atomic mass is 10.1.